The fraction of sp³-hybridized carbons (Fsp3) is 0.429. The molecule has 146 valence electrons. The third-order valence-electron chi connectivity index (χ3n) is 5.16. The van der Waals surface area contributed by atoms with Gasteiger partial charge in [-0.15, -0.1) is 0 Å². The largest absolute Gasteiger partial charge is 0.300 e. The number of benzene rings is 2. The molecule has 0 spiro atoms. The molecule has 0 atom stereocenters. The molecule has 3 rings (SSSR count). The van der Waals surface area contributed by atoms with Crippen molar-refractivity contribution < 1.29 is 12.8 Å². The minimum Gasteiger partial charge on any atom is -0.300 e. The van der Waals surface area contributed by atoms with Crippen molar-refractivity contribution in [3.8, 4) is 0 Å². The molecule has 2 aromatic rings. The number of hydrogen-bond donors (Lipinski definition) is 0. The lowest BCUT2D eigenvalue weighted by Gasteiger charge is -2.34. The molecule has 0 radical (unpaired) electrons. The summed E-state index contributed by atoms with van der Waals surface area (Å²) in [4.78, 5) is 2.72. The van der Waals surface area contributed by atoms with Gasteiger partial charge in [0.2, 0.25) is 10.0 Å². The van der Waals surface area contributed by atoms with Crippen LogP contribution < -0.4 is 0 Å². The maximum absolute atomic E-state index is 13.1. The molecule has 4 nitrogen and oxygen atoms in total. The Bertz CT molecular complexity index is 879. The second-order valence-corrected chi connectivity index (χ2v) is 9.22. The van der Waals surface area contributed by atoms with Gasteiger partial charge in [-0.05, 0) is 56.0 Å². The van der Waals surface area contributed by atoms with Crippen molar-refractivity contribution in [2.45, 2.75) is 32.1 Å². The molecule has 1 aliphatic heterocycles. The Hall–Kier alpha value is -1.76. The van der Waals surface area contributed by atoms with Gasteiger partial charge in [0.25, 0.3) is 0 Å². The highest BCUT2D eigenvalue weighted by molar-refractivity contribution is 7.89. The quantitative estimate of drug-likeness (QED) is 0.787. The van der Waals surface area contributed by atoms with Crippen LogP contribution in [0.25, 0.3) is 0 Å². The molecule has 1 fully saturated rings. The number of aryl methyl sites for hydroxylation is 3. The van der Waals surface area contributed by atoms with Gasteiger partial charge in [0.15, 0.2) is 0 Å². The second kappa shape index (κ2) is 8.09. The van der Waals surface area contributed by atoms with Crippen LogP contribution in [0.4, 0.5) is 4.39 Å². The molecule has 0 N–H and O–H groups in total. The monoisotopic (exact) mass is 390 g/mol. The number of hydrogen-bond acceptors (Lipinski definition) is 3. The van der Waals surface area contributed by atoms with Crippen LogP contribution in [0.5, 0.6) is 0 Å². The van der Waals surface area contributed by atoms with E-state index in [1.54, 1.807) is 16.4 Å². The highest BCUT2D eigenvalue weighted by Crippen LogP contribution is 2.26. The maximum Gasteiger partial charge on any atom is 0.243 e. The van der Waals surface area contributed by atoms with Gasteiger partial charge in [-0.1, -0.05) is 29.8 Å². The molecule has 1 aliphatic rings. The fourth-order valence-corrected chi connectivity index (χ4v) is 5.67. The van der Waals surface area contributed by atoms with Gasteiger partial charge in [0.1, 0.15) is 5.82 Å². The first-order valence-electron chi connectivity index (χ1n) is 9.32. The van der Waals surface area contributed by atoms with Gasteiger partial charge in [0, 0.05) is 32.7 Å². The van der Waals surface area contributed by atoms with E-state index in [1.165, 1.54) is 12.1 Å². The summed E-state index contributed by atoms with van der Waals surface area (Å²) in [5, 5.41) is 0. The summed E-state index contributed by atoms with van der Waals surface area (Å²) in [7, 11) is -3.47. The van der Waals surface area contributed by atoms with Crippen molar-refractivity contribution in [1.29, 1.82) is 0 Å². The predicted molar refractivity (Wildman–Crippen MR) is 106 cm³/mol. The van der Waals surface area contributed by atoms with Gasteiger partial charge in [0.05, 0.1) is 4.90 Å². The van der Waals surface area contributed by atoms with E-state index in [-0.39, 0.29) is 5.82 Å². The van der Waals surface area contributed by atoms with Crippen LogP contribution in [0.3, 0.4) is 0 Å². The molecule has 6 heteroatoms. The van der Waals surface area contributed by atoms with Crippen molar-refractivity contribution in [3.05, 3.63) is 64.5 Å². The fourth-order valence-electron chi connectivity index (χ4n) is 3.83. The first kappa shape index (κ1) is 20.0. The molecule has 0 unspecified atom stereocenters. The topological polar surface area (TPSA) is 40.6 Å². The average molecular weight is 391 g/mol. The van der Waals surface area contributed by atoms with E-state index >= 15 is 0 Å². The third-order valence-corrected chi connectivity index (χ3v) is 7.37. The van der Waals surface area contributed by atoms with Gasteiger partial charge in [-0.3, -0.25) is 0 Å². The van der Waals surface area contributed by atoms with Crippen molar-refractivity contribution in [1.82, 2.24) is 9.21 Å². The van der Waals surface area contributed by atoms with E-state index in [1.807, 2.05) is 32.9 Å². The zero-order chi connectivity index (χ0) is 19.6. The van der Waals surface area contributed by atoms with Gasteiger partial charge >= 0.3 is 0 Å². The van der Waals surface area contributed by atoms with Crippen LogP contribution >= 0.6 is 0 Å². The Balaban J connectivity index is 1.62. The maximum atomic E-state index is 13.1. The summed E-state index contributed by atoms with van der Waals surface area (Å²) in [5.41, 5.74) is 3.80. The predicted octanol–water partition coefficient (Wildman–Crippen LogP) is 3.30. The van der Waals surface area contributed by atoms with Crippen LogP contribution in [0.15, 0.2) is 41.3 Å². The Kier molecular flexibility index (Phi) is 5.99. The third kappa shape index (κ3) is 4.57. The molecule has 0 aromatic heterocycles. The molecule has 2 aromatic carbocycles. The first-order valence-corrected chi connectivity index (χ1v) is 10.8. The second-order valence-electron chi connectivity index (χ2n) is 7.35. The molecular weight excluding hydrogens is 363 g/mol. The lowest BCUT2D eigenvalue weighted by atomic mass is 10.1. The number of sulfonamides is 1. The highest BCUT2D eigenvalue weighted by atomic mass is 32.2. The van der Waals surface area contributed by atoms with Crippen molar-refractivity contribution in [3.63, 3.8) is 0 Å². The van der Waals surface area contributed by atoms with E-state index in [0.717, 1.165) is 35.2 Å². The Morgan fingerprint density at radius 3 is 2.04 bits per heavy atom. The van der Waals surface area contributed by atoms with E-state index in [9.17, 15) is 12.8 Å². The Morgan fingerprint density at radius 1 is 0.926 bits per heavy atom. The summed E-state index contributed by atoms with van der Waals surface area (Å²) >= 11 is 0. The standard InChI is InChI=1S/C21H27FN2O2S/c1-16-14-17(2)21(18(3)15-16)27(25,26)24-12-10-23(11-13-24)9-8-19-4-6-20(22)7-5-19/h4-7,14-15H,8-13H2,1-3H3. The van der Waals surface area contributed by atoms with Crippen LogP contribution in [0.2, 0.25) is 0 Å². The van der Waals surface area contributed by atoms with Gasteiger partial charge in [-0.2, -0.15) is 4.31 Å². The molecule has 0 aliphatic carbocycles. The summed E-state index contributed by atoms with van der Waals surface area (Å²) in [5.74, 6) is -0.223. The molecule has 0 bridgehead atoms. The number of rotatable bonds is 5. The SMILES string of the molecule is Cc1cc(C)c(S(=O)(=O)N2CCN(CCc3ccc(F)cc3)CC2)c(C)c1. The van der Waals surface area contributed by atoms with Gasteiger partial charge < -0.3 is 4.90 Å². The van der Waals surface area contributed by atoms with E-state index in [2.05, 4.69) is 4.90 Å². The average Bonchev–Trinajstić information content (AvgIpc) is 2.60. The van der Waals surface area contributed by atoms with Gasteiger partial charge in [-0.25, -0.2) is 12.8 Å². The first-order chi connectivity index (χ1) is 12.8. The zero-order valence-corrected chi connectivity index (χ0v) is 17.0. The zero-order valence-electron chi connectivity index (χ0n) is 16.2. The van der Waals surface area contributed by atoms with Crippen molar-refractivity contribution in [2.75, 3.05) is 32.7 Å². The smallest absolute Gasteiger partial charge is 0.243 e. The van der Waals surface area contributed by atoms with Crippen molar-refractivity contribution >= 4 is 10.0 Å². The number of halogens is 1. The summed E-state index contributed by atoms with van der Waals surface area (Å²) in [6.07, 6.45) is 0.837. The lowest BCUT2D eigenvalue weighted by molar-refractivity contribution is 0.190. The minimum absolute atomic E-state index is 0.223. The molecule has 27 heavy (non-hydrogen) atoms. The minimum atomic E-state index is -3.47. The highest BCUT2D eigenvalue weighted by Gasteiger charge is 2.30. The summed E-state index contributed by atoms with van der Waals surface area (Å²) in [6.45, 7) is 8.99. The van der Waals surface area contributed by atoms with Crippen LogP contribution in [-0.4, -0.2) is 50.3 Å². The van der Waals surface area contributed by atoms with Crippen LogP contribution in [0, 0.1) is 26.6 Å². The molecule has 0 amide bonds. The number of nitrogens with zero attached hydrogens (tertiary/aromatic N) is 2. The molecule has 0 saturated carbocycles. The molecule has 1 heterocycles. The van der Waals surface area contributed by atoms with Crippen LogP contribution in [0.1, 0.15) is 22.3 Å². The van der Waals surface area contributed by atoms with Crippen molar-refractivity contribution in [2.24, 2.45) is 0 Å². The van der Waals surface area contributed by atoms with E-state index in [0.29, 0.717) is 31.1 Å². The lowest BCUT2D eigenvalue weighted by Crippen LogP contribution is -2.49. The molecular formula is C21H27FN2O2S. The number of piperazine rings is 1. The summed E-state index contributed by atoms with van der Waals surface area (Å²) in [6, 6.07) is 10.4. The Morgan fingerprint density at radius 2 is 1.48 bits per heavy atom. The van der Waals surface area contributed by atoms with E-state index < -0.39 is 10.0 Å². The Labute approximate surface area is 161 Å². The van der Waals surface area contributed by atoms with Crippen LogP contribution in [-0.2, 0) is 16.4 Å². The summed E-state index contributed by atoms with van der Waals surface area (Å²) < 4.78 is 40.8. The van der Waals surface area contributed by atoms with E-state index in [4.69, 9.17) is 0 Å². The normalized spacial score (nSPS) is 16.6. The molecule has 1 saturated heterocycles.